The Kier molecular flexibility index (Phi) is 5.67. The molecule has 1 aliphatic rings. The van der Waals surface area contributed by atoms with Gasteiger partial charge in [0, 0.05) is 11.0 Å². The third-order valence-corrected chi connectivity index (χ3v) is 4.40. The summed E-state index contributed by atoms with van der Waals surface area (Å²) in [5.74, 6) is 0. The molecule has 0 radical (unpaired) electrons. The van der Waals surface area contributed by atoms with Crippen LogP contribution < -0.4 is 0 Å². The van der Waals surface area contributed by atoms with Gasteiger partial charge in [-0.25, -0.2) is 0 Å². The number of aliphatic hydroxyl groups is 1. The first-order valence-electron chi connectivity index (χ1n) is 6.92. The van der Waals surface area contributed by atoms with Crippen molar-refractivity contribution in [3.05, 3.63) is 34.3 Å². The predicted octanol–water partition coefficient (Wildman–Crippen LogP) is 3.75. The topological polar surface area (TPSA) is 23.5 Å². The van der Waals surface area contributed by atoms with Gasteiger partial charge in [0.25, 0.3) is 0 Å². The van der Waals surface area contributed by atoms with Gasteiger partial charge in [-0.1, -0.05) is 47.0 Å². The van der Waals surface area contributed by atoms with E-state index in [1.54, 1.807) is 0 Å². The summed E-state index contributed by atoms with van der Waals surface area (Å²) in [6.45, 7) is 3.40. The van der Waals surface area contributed by atoms with Gasteiger partial charge in [-0.15, -0.1) is 0 Å². The summed E-state index contributed by atoms with van der Waals surface area (Å²) in [6.07, 6.45) is 5.81. The second-order valence-corrected chi connectivity index (χ2v) is 5.94. The van der Waals surface area contributed by atoms with Crippen LogP contribution in [0.1, 0.15) is 43.8 Å². The molecule has 0 aromatic heterocycles. The van der Waals surface area contributed by atoms with Gasteiger partial charge in [0.15, 0.2) is 0 Å². The van der Waals surface area contributed by atoms with Crippen LogP contribution in [0.5, 0.6) is 0 Å². The largest absolute Gasteiger partial charge is 0.388 e. The molecule has 1 atom stereocenters. The number of nitrogens with zero attached hydrogens (tertiary/aromatic N) is 1. The van der Waals surface area contributed by atoms with E-state index in [1.807, 2.05) is 24.3 Å². The Hall–Kier alpha value is -0.380. The highest BCUT2D eigenvalue weighted by atomic mass is 79.9. The van der Waals surface area contributed by atoms with E-state index < -0.39 is 0 Å². The maximum atomic E-state index is 10.2. The molecule has 1 unspecified atom stereocenters. The number of rotatable bonds is 4. The molecule has 0 aliphatic carbocycles. The average molecular weight is 312 g/mol. The fourth-order valence-corrected chi connectivity index (χ4v) is 3.11. The maximum absolute atomic E-state index is 10.2. The molecule has 18 heavy (non-hydrogen) atoms. The van der Waals surface area contributed by atoms with Crippen LogP contribution in [0, 0.1) is 0 Å². The van der Waals surface area contributed by atoms with Crippen molar-refractivity contribution in [2.24, 2.45) is 0 Å². The lowest BCUT2D eigenvalue weighted by Crippen LogP contribution is -2.26. The number of hydrogen-bond acceptors (Lipinski definition) is 2. The first kappa shape index (κ1) is 14.0. The van der Waals surface area contributed by atoms with Crippen LogP contribution in [-0.4, -0.2) is 29.6 Å². The molecule has 0 saturated carbocycles. The van der Waals surface area contributed by atoms with Crippen LogP contribution in [0.25, 0.3) is 0 Å². The lowest BCUT2D eigenvalue weighted by atomic mass is 10.1. The normalized spacial score (nSPS) is 19.4. The molecule has 0 bridgehead atoms. The van der Waals surface area contributed by atoms with E-state index in [1.165, 1.54) is 38.8 Å². The fraction of sp³-hybridized carbons (Fsp3) is 0.600. The minimum Gasteiger partial charge on any atom is -0.388 e. The summed E-state index contributed by atoms with van der Waals surface area (Å²) >= 11 is 3.50. The summed E-state index contributed by atoms with van der Waals surface area (Å²) in [7, 11) is 0. The monoisotopic (exact) mass is 311 g/mol. The molecular formula is C15H22BrNO. The van der Waals surface area contributed by atoms with Crippen molar-refractivity contribution in [2.45, 2.75) is 38.2 Å². The van der Waals surface area contributed by atoms with Crippen LogP contribution in [-0.2, 0) is 0 Å². The quantitative estimate of drug-likeness (QED) is 0.915. The zero-order valence-corrected chi connectivity index (χ0v) is 12.4. The lowest BCUT2D eigenvalue weighted by molar-refractivity contribution is 0.142. The number of benzene rings is 1. The van der Waals surface area contributed by atoms with Crippen LogP contribution in [0.4, 0.5) is 0 Å². The van der Waals surface area contributed by atoms with Crippen LogP contribution in [0.2, 0.25) is 0 Å². The summed E-state index contributed by atoms with van der Waals surface area (Å²) in [5, 5.41) is 10.2. The van der Waals surface area contributed by atoms with Crippen molar-refractivity contribution in [2.75, 3.05) is 19.6 Å². The summed E-state index contributed by atoms with van der Waals surface area (Å²) in [4.78, 5) is 2.49. The van der Waals surface area contributed by atoms with Gasteiger partial charge >= 0.3 is 0 Å². The van der Waals surface area contributed by atoms with E-state index in [2.05, 4.69) is 20.8 Å². The van der Waals surface area contributed by atoms with E-state index in [0.717, 1.165) is 23.0 Å². The fourth-order valence-electron chi connectivity index (χ4n) is 2.57. The number of likely N-dealkylation sites (tertiary alicyclic amines) is 1. The summed E-state index contributed by atoms with van der Waals surface area (Å²) < 4.78 is 1.01. The third-order valence-electron chi connectivity index (χ3n) is 3.68. The summed E-state index contributed by atoms with van der Waals surface area (Å²) in [5.41, 5.74) is 1.01. The molecule has 1 N–H and O–H groups in total. The van der Waals surface area contributed by atoms with Crippen molar-refractivity contribution >= 4 is 15.9 Å². The van der Waals surface area contributed by atoms with E-state index in [0.29, 0.717) is 0 Å². The van der Waals surface area contributed by atoms with Crippen molar-refractivity contribution in [1.29, 1.82) is 0 Å². The van der Waals surface area contributed by atoms with Crippen molar-refractivity contribution in [1.82, 2.24) is 4.90 Å². The molecule has 1 aromatic carbocycles. The number of aliphatic hydroxyl groups excluding tert-OH is 1. The molecule has 0 amide bonds. The van der Waals surface area contributed by atoms with Gasteiger partial charge in [0.05, 0.1) is 6.10 Å². The molecule has 0 spiro atoms. The maximum Gasteiger partial charge on any atom is 0.0813 e. The first-order valence-corrected chi connectivity index (χ1v) is 7.71. The second-order valence-electron chi connectivity index (χ2n) is 5.08. The molecule has 3 heteroatoms. The molecule has 1 aromatic rings. The van der Waals surface area contributed by atoms with Crippen LogP contribution in [0.15, 0.2) is 28.7 Å². The molecule has 2 nitrogen and oxygen atoms in total. The Balaban J connectivity index is 1.84. The van der Waals surface area contributed by atoms with Gasteiger partial charge in [0.1, 0.15) is 0 Å². The SMILES string of the molecule is OC(CCN1CCCCCC1)c1ccccc1Br. The first-order chi connectivity index (χ1) is 8.77. The molecule has 2 rings (SSSR count). The van der Waals surface area contributed by atoms with Crippen LogP contribution in [0.3, 0.4) is 0 Å². The Morgan fingerprint density at radius 3 is 2.44 bits per heavy atom. The summed E-state index contributed by atoms with van der Waals surface area (Å²) in [6, 6.07) is 7.95. The zero-order chi connectivity index (χ0) is 12.8. The van der Waals surface area contributed by atoms with Crippen molar-refractivity contribution in [3.63, 3.8) is 0 Å². The minimum absolute atomic E-state index is 0.358. The Morgan fingerprint density at radius 2 is 1.78 bits per heavy atom. The van der Waals surface area contributed by atoms with Crippen molar-refractivity contribution in [3.8, 4) is 0 Å². The second kappa shape index (κ2) is 7.27. The van der Waals surface area contributed by atoms with Gasteiger partial charge in [-0.05, 0) is 44.0 Å². The standard InChI is InChI=1S/C15H22BrNO/c16-14-8-4-3-7-13(14)15(18)9-12-17-10-5-1-2-6-11-17/h3-4,7-8,15,18H,1-2,5-6,9-12H2. The minimum atomic E-state index is -0.358. The lowest BCUT2D eigenvalue weighted by Gasteiger charge is -2.22. The van der Waals surface area contributed by atoms with Crippen LogP contribution >= 0.6 is 15.9 Å². The molecule has 1 fully saturated rings. The molecule has 1 aliphatic heterocycles. The highest BCUT2D eigenvalue weighted by Gasteiger charge is 2.14. The number of hydrogen-bond donors (Lipinski definition) is 1. The number of halogens is 1. The van der Waals surface area contributed by atoms with Gasteiger partial charge in [-0.2, -0.15) is 0 Å². The van der Waals surface area contributed by atoms with Gasteiger partial charge in [0.2, 0.25) is 0 Å². The van der Waals surface area contributed by atoms with Gasteiger partial charge in [-0.3, -0.25) is 0 Å². The van der Waals surface area contributed by atoms with E-state index in [9.17, 15) is 5.11 Å². The Morgan fingerprint density at radius 1 is 1.11 bits per heavy atom. The van der Waals surface area contributed by atoms with E-state index in [4.69, 9.17) is 0 Å². The Bertz CT molecular complexity index is 361. The zero-order valence-electron chi connectivity index (χ0n) is 10.8. The molecule has 1 saturated heterocycles. The molecule has 100 valence electrons. The van der Waals surface area contributed by atoms with Crippen molar-refractivity contribution < 1.29 is 5.11 Å². The smallest absolute Gasteiger partial charge is 0.0813 e. The van der Waals surface area contributed by atoms with Gasteiger partial charge < -0.3 is 10.0 Å². The molecule has 1 heterocycles. The highest BCUT2D eigenvalue weighted by molar-refractivity contribution is 9.10. The molecular weight excluding hydrogens is 290 g/mol. The Labute approximate surface area is 118 Å². The van der Waals surface area contributed by atoms with E-state index >= 15 is 0 Å². The average Bonchev–Trinajstić information content (AvgIpc) is 2.65. The van der Waals surface area contributed by atoms with E-state index in [-0.39, 0.29) is 6.10 Å². The highest BCUT2D eigenvalue weighted by Crippen LogP contribution is 2.25. The predicted molar refractivity (Wildman–Crippen MR) is 78.6 cm³/mol. The third kappa shape index (κ3) is 4.08.